The summed E-state index contributed by atoms with van der Waals surface area (Å²) in [6, 6.07) is 6.54. The molecule has 1 aliphatic rings. The Labute approximate surface area is 124 Å². The van der Waals surface area contributed by atoms with Gasteiger partial charge in [-0.2, -0.15) is 0 Å². The molecule has 1 aromatic rings. The van der Waals surface area contributed by atoms with Crippen LogP contribution in [0, 0.1) is 0 Å². The molecule has 1 saturated heterocycles. The molecule has 0 radical (unpaired) electrons. The van der Waals surface area contributed by atoms with Crippen molar-refractivity contribution in [1.82, 2.24) is 9.80 Å². The number of amides is 1. The second-order valence-corrected chi connectivity index (χ2v) is 4.99. The van der Waals surface area contributed by atoms with Crippen LogP contribution in [-0.2, 0) is 9.53 Å². The quantitative estimate of drug-likeness (QED) is 0.762. The third kappa shape index (κ3) is 4.19. The monoisotopic (exact) mass is 292 g/mol. The number of carbonyl (C=O) groups is 2. The largest absolute Gasteiger partial charge is 0.484 e. The fourth-order valence-corrected chi connectivity index (χ4v) is 2.10. The first kappa shape index (κ1) is 15.3. The van der Waals surface area contributed by atoms with E-state index in [2.05, 4.69) is 9.64 Å². The molecule has 2 rings (SSSR count). The zero-order valence-corrected chi connectivity index (χ0v) is 12.4. The fourth-order valence-electron chi connectivity index (χ4n) is 2.10. The van der Waals surface area contributed by atoms with Gasteiger partial charge in [0, 0.05) is 26.2 Å². The highest BCUT2D eigenvalue weighted by Gasteiger charge is 2.19. The lowest BCUT2D eigenvalue weighted by atomic mass is 10.2. The van der Waals surface area contributed by atoms with Gasteiger partial charge >= 0.3 is 5.97 Å². The number of methoxy groups -OCH3 is 1. The van der Waals surface area contributed by atoms with Gasteiger partial charge in [-0.15, -0.1) is 0 Å². The van der Waals surface area contributed by atoms with Gasteiger partial charge in [0.1, 0.15) is 5.75 Å². The maximum absolute atomic E-state index is 12.0. The van der Waals surface area contributed by atoms with Crippen LogP contribution in [0.2, 0.25) is 0 Å². The average molecular weight is 292 g/mol. The van der Waals surface area contributed by atoms with Crippen molar-refractivity contribution in [3.05, 3.63) is 29.8 Å². The van der Waals surface area contributed by atoms with Crippen LogP contribution in [0.4, 0.5) is 0 Å². The van der Waals surface area contributed by atoms with Crippen LogP contribution >= 0.6 is 0 Å². The maximum Gasteiger partial charge on any atom is 0.337 e. The van der Waals surface area contributed by atoms with Gasteiger partial charge in [0.15, 0.2) is 6.61 Å². The van der Waals surface area contributed by atoms with Crippen molar-refractivity contribution in [2.45, 2.75) is 0 Å². The van der Waals surface area contributed by atoms with Crippen LogP contribution in [-0.4, -0.2) is 68.6 Å². The summed E-state index contributed by atoms with van der Waals surface area (Å²) < 4.78 is 10.1. The summed E-state index contributed by atoms with van der Waals surface area (Å²) in [7, 11) is 3.38. The molecule has 0 aliphatic carbocycles. The van der Waals surface area contributed by atoms with Crippen molar-refractivity contribution in [1.29, 1.82) is 0 Å². The summed E-state index contributed by atoms with van der Waals surface area (Å²) in [5.41, 5.74) is 0.454. The molecule has 0 N–H and O–H groups in total. The van der Waals surface area contributed by atoms with E-state index in [9.17, 15) is 9.59 Å². The van der Waals surface area contributed by atoms with E-state index < -0.39 is 5.97 Å². The van der Waals surface area contributed by atoms with Crippen LogP contribution < -0.4 is 4.74 Å². The SMILES string of the molecule is COC(=O)c1ccc(OCC(=O)N2CCN(C)CC2)cc1. The van der Waals surface area contributed by atoms with Gasteiger partial charge in [0.25, 0.3) is 5.91 Å². The van der Waals surface area contributed by atoms with Crippen LogP contribution in [0.15, 0.2) is 24.3 Å². The highest BCUT2D eigenvalue weighted by atomic mass is 16.5. The van der Waals surface area contributed by atoms with Crippen LogP contribution in [0.5, 0.6) is 5.75 Å². The third-order valence-corrected chi connectivity index (χ3v) is 3.49. The number of carbonyl (C=O) groups excluding carboxylic acids is 2. The molecular formula is C15H20N2O4. The Morgan fingerprint density at radius 3 is 2.29 bits per heavy atom. The van der Waals surface area contributed by atoms with E-state index in [0.29, 0.717) is 11.3 Å². The van der Waals surface area contributed by atoms with Crippen molar-refractivity contribution in [3.8, 4) is 5.75 Å². The van der Waals surface area contributed by atoms with Gasteiger partial charge in [-0.05, 0) is 31.3 Å². The number of hydrogen-bond donors (Lipinski definition) is 0. The molecule has 1 amide bonds. The summed E-state index contributed by atoms with van der Waals surface area (Å²) in [6.45, 7) is 3.26. The number of hydrogen-bond acceptors (Lipinski definition) is 5. The van der Waals surface area contributed by atoms with Crippen molar-refractivity contribution in [2.75, 3.05) is 46.9 Å². The molecule has 114 valence electrons. The van der Waals surface area contributed by atoms with E-state index in [1.807, 2.05) is 11.9 Å². The smallest absolute Gasteiger partial charge is 0.337 e. The van der Waals surface area contributed by atoms with Gasteiger partial charge in [-0.25, -0.2) is 4.79 Å². The molecule has 1 fully saturated rings. The molecule has 0 aromatic heterocycles. The number of benzene rings is 1. The summed E-state index contributed by atoms with van der Waals surface area (Å²) in [5, 5.41) is 0. The standard InChI is InChI=1S/C15H20N2O4/c1-16-7-9-17(10-8-16)14(18)11-21-13-5-3-12(4-6-13)15(19)20-2/h3-6H,7-11H2,1-2H3. The van der Waals surface area contributed by atoms with Crippen molar-refractivity contribution in [3.63, 3.8) is 0 Å². The molecule has 1 aromatic carbocycles. The Balaban J connectivity index is 1.82. The molecule has 6 nitrogen and oxygen atoms in total. The molecule has 6 heteroatoms. The Hall–Kier alpha value is -2.08. The minimum atomic E-state index is -0.393. The Morgan fingerprint density at radius 2 is 1.71 bits per heavy atom. The van der Waals surface area contributed by atoms with Crippen LogP contribution in [0.25, 0.3) is 0 Å². The van der Waals surface area contributed by atoms with Crippen molar-refractivity contribution < 1.29 is 19.1 Å². The lowest BCUT2D eigenvalue weighted by Crippen LogP contribution is -2.48. The summed E-state index contributed by atoms with van der Waals surface area (Å²) in [5.74, 6) is 0.153. The van der Waals surface area contributed by atoms with E-state index in [1.54, 1.807) is 24.3 Å². The van der Waals surface area contributed by atoms with Crippen molar-refractivity contribution >= 4 is 11.9 Å². The van der Waals surface area contributed by atoms with Gasteiger partial charge in [0.05, 0.1) is 12.7 Å². The first-order chi connectivity index (χ1) is 10.1. The first-order valence-electron chi connectivity index (χ1n) is 6.87. The van der Waals surface area contributed by atoms with Crippen LogP contribution in [0.1, 0.15) is 10.4 Å². The summed E-state index contributed by atoms with van der Waals surface area (Å²) in [4.78, 5) is 27.3. The molecule has 0 atom stereocenters. The van der Waals surface area contributed by atoms with E-state index in [-0.39, 0.29) is 12.5 Å². The zero-order chi connectivity index (χ0) is 15.2. The molecule has 1 heterocycles. The summed E-state index contributed by atoms with van der Waals surface area (Å²) >= 11 is 0. The maximum atomic E-state index is 12.0. The summed E-state index contributed by atoms with van der Waals surface area (Å²) in [6.07, 6.45) is 0. The molecule has 0 bridgehead atoms. The minimum absolute atomic E-state index is 0.0138. The number of rotatable bonds is 4. The predicted molar refractivity (Wildman–Crippen MR) is 77.4 cm³/mol. The topological polar surface area (TPSA) is 59.1 Å². The lowest BCUT2D eigenvalue weighted by Gasteiger charge is -2.32. The molecule has 0 saturated carbocycles. The van der Waals surface area contributed by atoms with Gasteiger partial charge in [0.2, 0.25) is 0 Å². The molecule has 21 heavy (non-hydrogen) atoms. The molecule has 1 aliphatic heterocycles. The average Bonchev–Trinajstić information content (AvgIpc) is 2.53. The van der Waals surface area contributed by atoms with Gasteiger partial charge in [-0.1, -0.05) is 0 Å². The van der Waals surface area contributed by atoms with E-state index >= 15 is 0 Å². The van der Waals surface area contributed by atoms with Crippen LogP contribution in [0.3, 0.4) is 0 Å². The highest BCUT2D eigenvalue weighted by Crippen LogP contribution is 2.13. The van der Waals surface area contributed by atoms with Gasteiger partial charge < -0.3 is 19.3 Å². The third-order valence-electron chi connectivity index (χ3n) is 3.49. The zero-order valence-electron chi connectivity index (χ0n) is 12.4. The second kappa shape index (κ2) is 7.08. The molecule has 0 unspecified atom stereocenters. The van der Waals surface area contributed by atoms with E-state index in [1.165, 1.54) is 7.11 Å². The molecule has 0 spiro atoms. The van der Waals surface area contributed by atoms with E-state index in [4.69, 9.17) is 4.74 Å². The number of esters is 1. The predicted octanol–water partition coefficient (Wildman–Crippen LogP) is 0.626. The lowest BCUT2D eigenvalue weighted by molar-refractivity contribution is -0.134. The first-order valence-corrected chi connectivity index (χ1v) is 6.87. The number of ether oxygens (including phenoxy) is 2. The Bertz CT molecular complexity index is 493. The Kier molecular flexibility index (Phi) is 5.16. The van der Waals surface area contributed by atoms with E-state index in [0.717, 1.165) is 26.2 Å². The normalized spacial score (nSPS) is 15.6. The van der Waals surface area contributed by atoms with Crippen molar-refractivity contribution in [2.24, 2.45) is 0 Å². The fraction of sp³-hybridized carbons (Fsp3) is 0.467. The highest BCUT2D eigenvalue weighted by molar-refractivity contribution is 5.89. The molecular weight excluding hydrogens is 272 g/mol. The number of piperazine rings is 1. The minimum Gasteiger partial charge on any atom is -0.484 e. The Morgan fingerprint density at radius 1 is 1.10 bits per heavy atom. The number of nitrogens with zero attached hydrogens (tertiary/aromatic N) is 2. The van der Waals surface area contributed by atoms with Gasteiger partial charge in [-0.3, -0.25) is 4.79 Å². The number of likely N-dealkylation sites (N-methyl/N-ethyl adjacent to an activating group) is 1. The second-order valence-electron chi connectivity index (χ2n) is 4.99.